The highest BCUT2D eigenvalue weighted by atomic mass is 32.1. The number of hydrogen-bond donors (Lipinski definition) is 2. The lowest BCUT2D eigenvalue weighted by atomic mass is 9.97. The Bertz CT molecular complexity index is 1370. The van der Waals surface area contributed by atoms with Crippen LogP contribution in [0.1, 0.15) is 22.7 Å². The van der Waals surface area contributed by atoms with Crippen molar-refractivity contribution in [2.75, 3.05) is 13.6 Å². The molecule has 1 aliphatic rings. The van der Waals surface area contributed by atoms with Crippen LogP contribution in [0, 0.1) is 0 Å². The molecule has 5 rings (SSSR count). The third kappa shape index (κ3) is 3.69. The number of aromatic nitrogens is 3. The molecular weight excluding hydrogens is 442 g/mol. The Kier molecular flexibility index (Phi) is 5.03. The van der Waals surface area contributed by atoms with Gasteiger partial charge in [0.1, 0.15) is 11.4 Å². The Labute approximate surface area is 192 Å². The number of aliphatic hydroxyl groups is 1. The fraction of sp³-hybridized carbons (Fsp3) is 0.174. The summed E-state index contributed by atoms with van der Waals surface area (Å²) >= 11 is 1.45. The van der Waals surface area contributed by atoms with Gasteiger partial charge >= 0.3 is 0 Å². The van der Waals surface area contributed by atoms with Crippen LogP contribution in [0.2, 0.25) is 0 Å². The molecule has 0 bridgehead atoms. The van der Waals surface area contributed by atoms with Crippen LogP contribution in [0.15, 0.2) is 58.7 Å². The third-order valence-electron chi connectivity index (χ3n) is 5.68. The van der Waals surface area contributed by atoms with Crippen molar-refractivity contribution >= 4 is 23.2 Å². The minimum atomic E-state index is -1.71. The molecule has 0 radical (unpaired) electrons. The molecule has 0 spiro atoms. The number of hydrogen-bond acceptors (Lipinski definition) is 8. The molecule has 3 N–H and O–H groups in total. The number of benzene rings is 1. The molecule has 33 heavy (non-hydrogen) atoms. The van der Waals surface area contributed by atoms with Crippen molar-refractivity contribution in [1.29, 1.82) is 0 Å². The van der Waals surface area contributed by atoms with Gasteiger partial charge in [0, 0.05) is 43.4 Å². The summed E-state index contributed by atoms with van der Waals surface area (Å²) in [6.07, 6.45) is 1.95. The molecule has 0 aliphatic carbocycles. The zero-order chi connectivity index (χ0) is 23.2. The number of amides is 2. The molecule has 10 heteroatoms. The van der Waals surface area contributed by atoms with E-state index in [-0.39, 0.29) is 17.9 Å². The van der Waals surface area contributed by atoms with Crippen LogP contribution in [0.3, 0.4) is 0 Å². The highest BCUT2D eigenvalue weighted by Gasteiger charge is 2.48. The molecule has 166 valence electrons. The van der Waals surface area contributed by atoms with Crippen LogP contribution in [-0.4, -0.2) is 50.5 Å². The number of likely N-dealkylation sites (tertiary alicyclic amines) is 1. The lowest BCUT2D eigenvalue weighted by Crippen LogP contribution is -2.35. The molecule has 0 saturated carbocycles. The van der Waals surface area contributed by atoms with Gasteiger partial charge in [0.05, 0.1) is 16.1 Å². The average molecular weight is 462 g/mol. The highest BCUT2D eigenvalue weighted by molar-refractivity contribution is 7.13. The number of nitrogens with two attached hydrogens (primary N) is 1. The maximum Gasteiger partial charge on any atom is 0.267 e. The van der Waals surface area contributed by atoms with Crippen molar-refractivity contribution in [3.05, 3.63) is 65.6 Å². The van der Waals surface area contributed by atoms with Gasteiger partial charge in [0.25, 0.3) is 11.8 Å². The average Bonchev–Trinajstić information content (AvgIpc) is 3.58. The van der Waals surface area contributed by atoms with Gasteiger partial charge in [0.15, 0.2) is 5.76 Å². The standard InChI is InChI=1S/C23H19N5O4S/c1-28-6-5-23(31,22(28)30)20-10-17(27-32-20)14-4-2-3-13(7-14)16-8-15(19-11-25-12-33-19)9-18(26-16)21(24)29/h2-4,7-12,31H,5-6H2,1H3,(H2,24,29)/t23-/m1/s1. The summed E-state index contributed by atoms with van der Waals surface area (Å²) in [5, 5.41) is 14.9. The Morgan fingerprint density at radius 3 is 2.64 bits per heavy atom. The fourth-order valence-corrected chi connectivity index (χ4v) is 4.44. The van der Waals surface area contributed by atoms with Gasteiger partial charge < -0.3 is 20.3 Å². The van der Waals surface area contributed by atoms with Crippen molar-refractivity contribution in [2.24, 2.45) is 5.73 Å². The molecule has 1 atom stereocenters. The minimum absolute atomic E-state index is 0.110. The molecule has 9 nitrogen and oxygen atoms in total. The Morgan fingerprint density at radius 1 is 1.18 bits per heavy atom. The number of nitrogens with zero attached hydrogens (tertiary/aromatic N) is 4. The number of likely N-dealkylation sites (N-methyl/N-ethyl adjacent to an activating group) is 1. The molecule has 1 aromatic carbocycles. The second kappa shape index (κ2) is 7.91. The number of carbonyl (C=O) groups is 2. The topological polar surface area (TPSA) is 135 Å². The van der Waals surface area contributed by atoms with Gasteiger partial charge in [-0.25, -0.2) is 4.98 Å². The molecule has 3 aromatic heterocycles. The van der Waals surface area contributed by atoms with E-state index in [9.17, 15) is 14.7 Å². The Balaban J connectivity index is 1.53. The zero-order valence-corrected chi connectivity index (χ0v) is 18.4. The highest BCUT2D eigenvalue weighted by Crippen LogP contribution is 2.35. The number of thiazole rings is 1. The van der Waals surface area contributed by atoms with E-state index < -0.39 is 17.4 Å². The number of rotatable bonds is 5. The van der Waals surface area contributed by atoms with Gasteiger partial charge in [-0.2, -0.15) is 0 Å². The smallest absolute Gasteiger partial charge is 0.267 e. The number of pyridine rings is 1. The van der Waals surface area contributed by atoms with Crippen molar-refractivity contribution < 1.29 is 19.2 Å². The summed E-state index contributed by atoms with van der Waals surface area (Å²) in [5.41, 5.74) is 8.92. The summed E-state index contributed by atoms with van der Waals surface area (Å²) in [6.45, 7) is 0.435. The van der Waals surface area contributed by atoms with Crippen molar-refractivity contribution in [1.82, 2.24) is 20.0 Å². The van der Waals surface area contributed by atoms with E-state index in [2.05, 4.69) is 15.1 Å². The summed E-state index contributed by atoms with van der Waals surface area (Å²) < 4.78 is 5.36. The summed E-state index contributed by atoms with van der Waals surface area (Å²) in [7, 11) is 1.63. The molecule has 4 heterocycles. The lowest BCUT2D eigenvalue weighted by Gasteiger charge is -2.16. The molecule has 4 aromatic rings. The summed E-state index contributed by atoms with van der Waals surface area (Å²) in [5.74, 6) is -0.931. The molecule has 1 fully saturated rings. The van der Waals surface area contributed by atoms with Crippen LogP contribution in [0.25, 0.3) is 33.0 Å². The predicted octanol–water partition coefficient (Wildman–Crippen LogP) is 2.68. The molecule has 1 saturated heterocycles. The van der Waals surface area contributed by atoms with Gasteiger partial charge in [-0.05, 0) is 23.8 Å². The lowest BCUT2D eigenvalue weighted by molar-refractivity contribution is -0.144. The van der Waals surface area contributed by atoms with E-state index in [1.54, 1.807) is 30.9 Å². The van der Waals surface area contributed by atoms with Crippen molar-refractivity contribution in [2.45, 2.75) is 12.0 Å². The van der Waals surface area contributed by atoms with E-state index in [0.717, 1.165) is 16.0 Å². The molecule has 1 aliphatic heterocycles. The second-order valence-electron chi connectivity index (χ2n) is 7.85. The number of primary amides is 1. The van der Waals surface area contributed by atoms with E-state index in [1.807, 2.05) is 30.3 Å². The van der Waals surface area contributed by atoms with Crippen molar-refractivity contribution in [3.8, 4) is 33.0 Å². The normalized spacial score (nSPS) is 18.1. The summed E-state index contributed by atoms with van der Waals surface area (Å²) in [4.78, 5) is 35.1. The zero-order valence-electron chi connectivity index (χ0n) is 17.6. The van der Waals surface area contributed by atoms with Crippen molar-refractivity contribution in [3.63, 3.8) is 0 Å². The second-order valence-corrected chi connectivity index (χ2v) is 8.74. The maximum atomic E-state index is 12.4. The van der Waals surface area contributed by atoms with E-state index in [4.69, 9.17) is 10.3 Å². The van der Waals surface area contributed by atoms with Crippen LogP contribution in [0.4, 0.5) is 0 Å². The van der Waals surface area contributed by atoms with Gasteiger partial charge in [-0.1, -0.05) is 23.4 Å². The first-order chi connectivity index (χ1) is 15.8. The number of carbonyl (C=O) groups excluding carboxylic acids is 2. The first-order valence-electron chi connectivity index (χ1n) is 10.1. The molecule has 0 unspecified atom stereocenters. The maximum absolute atomic E-state index is 12.4. The minimum Gasteiger partial charge on any atom is -0.373 e. The third-order valence-corrected chi connectivity index (χ3v) is 6.50. The molecule has 2 amide bonds. The van der Waals surface area contributed by atoms with E-state index in [0.29, 0.717) is 23.5 Å². The van der Waals surface area contributed by atoms with Gasteiger partial charge in [0.2, 0.25) is 5.60 Å². The van der Waals surface area contributed by atoms with E-state index >= 15 is 0 Å². The van der Waals surface area contributed by atoms with Crippen LogP contribution >= 0.6 is 11.3 Å². The largest absolute Gasteiger partial charge is 0.373 e. The van der Waals surface area contributed by atoms with Crippen LogP contribution < -0.4 is 5.73 Å². The Hall–Kier alpha value is -3.89. The van der Waals surface area contributed by atoms with Gasteiger partial charge in [-0.3, -0.25) is 14.6 Å². The Morgan fingerprint density at radius 2 is 1.97 bits per heavy atom. The first-order valence-corrected chi connectivity index (χ1v) is 11.0. The van der Waals surface area contributed by atoms with Crippen LogP contribution in [-0.2, 0) is 10.4 Å². The monoisotopic (exact) mass is 461 g/mol. The summed E-state index contributed by atoms with van der Waals surface area (Å²) in [6, 6.07) is 12.4. The molecular formula is C23H19N5O4S. The predicted molar refractivity (Wildman–Crippen MR) is 121 cm³/mol. The SMILES string of the molecule is CN1CC[C@@](O)(c2cc(-c3cccc(-c4cc(-c5cncs5)cc(C(N)=O)n4)c3)no2)C1=O. The fourth-order valence-electron chi connectivity index (χ4n) is 3.83. The van der Waals surface area contributed by atoms with Crippen LogP contribution in [0.5, 0.6) is 0 Å². The van der Waals surface area contributed by atoms with Gasteiger partial charge in [-0.15, -0.1) is 11.3 Å². The van der Waals surface area contributed by atoms with E-state index in [1.165, 1.54) is 16.2 Å². The quantitative estimate of drug-likeness (QED) is 0.466. The first kappa shape index (κ1) is 21.0.